The lowest BCUT2D eigenvalue weighted by Gasteiger charge is -2.07. The van der Waals surface area contributed by atoms with Crippen molar-refractivity contribution in [3.63, 3.8) is 0 Å². The lowest BCUT2D eigenvalue weighted by Crippen LogP contribution is -2.01. The van der Waals surface area contributed by atoms with E-state index in [2.05, 4.69) is 27.8 Å². The number of halogens is 1. The minimum absolute atomic E-state index is 0.0245. The normalized spacial score (nSPS) is 9.50. The summed E-state index contributed by atoms with van der Waals surface area (Å²) < 4.78 is 6.45. The van der Waals surface area contributed by atoms with Crippen LogP contribution in [0.1, 0.15) is 22.8 Å². The first-order valence-corrected chi connectivity index (χ1v) is 6.93. The van der Waals surface area contributed by atoms with Crippen LogP contribution in [-0.4, -0.2) is 12.4 Å². The van der Waals surface area contributed by atoms with Gasteiger partial charge in [0.05, 0.1) is 5.56 Å². The maximum Gasteiger partial charge on any atom is 0.163 e. The molecule has 0 unspecified atom stereocenters. The summed E-state index contributed by atoms with van der Waals surface area (Å²) in [4.78, 5) is 11.5. The maximum atomic E-state index is 11.5. The average molecular weight is 329 g/mol. The fraction of sp³-hybridized carbons (Fsp3) is 0.118. The van der Waals surface area contributed by atoms with E-state index in [0.29, 0.717) is 11.3 Å². The summed E-state index contributed by atoms with van der Waals surface area (Å²) in [6.07, 6.45) is 0. The Bertz CT molecular complexity index is 666. The van der Waals surface area contributed by atoms with Gasteiger partial charge in [-0.1, -0.05) is 46.0 Å². The van der Waals surface area contributed by atoms with E-state index in [1.54, 1.807) is 12.1 Å². The van der Waals surface area contributed by atoms with E-state index in [1.807, 2.05) is 36.4 Å². The van der Waals surface area contributed by atoms with Crippen molar-refractivity contribution in [2.75, 3.05) is 6.61 Å². The zero-order valence-electron chi connectivity index (χ0n) is 11.0. The molecule has 20 heavy (non-hydrogen) atoms. The summed E-state index contributed by atoms with van der Waals surface area (Å²) in [6, 6.07) is 15.0. The van der Waals surface area contributed by atoms with E-state index < -0.39 is 0 Å². The number of ether oxygens (including phenoxy) is 1. The number of carbonyl (C=O) groups is 1. The van der Waals surface area contributed by atoms with E-state index in [4.69, 9.17) is 4.74 Å². The van der Waals surface area contributed by atoms with Gasteiger partial charge in [0.25, 0.3) is 0 Å². The minimum Gasteiger partial charge on any atom is -0.480 e. The van der Waals surface area contributed by atoms with Gasteiger partial charge < -0.3 is 4.74 Å². The fourth-order valence-corrected chi connectivity index (χ4v) is 2.02. The van der Waals surface area contributed by atoms with Crippen molar-refractivity contribution in [3.05, 3.63) is 64.1 Å². The summed E-state index contributed by atoms with van der Waals surface area (Å²) in [7, 11) is 0. The van der Waals surface area contributed by atoms with Crippen LogP contribution in [0.15, 0.2) is 53.0 Å². The van der Waals surface area contributed by atoms with Gasteiger partial charge >= 0.3 is 0 Å². The highest BCUT2D eigenvalue weighted by Crippen LogP contribution is 2.24. The molecular weight excluding hydrogens is 316 g/mol. The highest BCUT2D eigenvalue weighted by molar-refractivity contribution is 9.10. The first kappa shape index (κ1) is 14.4. The molecule has 0 saturated heterocycles. The molecule has 0 atom stereocenters. The van der Waals surface area contributed by atoms with Crippen molar-refractivity contribution < 1.29 is 9.53 Å². The van der Waals surface area contributed by atoms with Gasteiger partial charge in [0.2, 0.25) is 0 Å². The van der Waals surface area contributed by atoms with Crippen molar-refractivity contribution >= 4 is 21.7 Å². The van der Waals surface area contributed by atoms with Crippen molar-refractivity contribution in [1.82, 2.24) is 0 Å². The lowest BCUT2D eigenvalue weighted by molar-refractivity contribution is 0.101. The zero-order chi connectivity index (χ0) is 14.4. The Labute approximate surface area is 126 Å². The van der Waals surface area contributed by atoms with Crippen LogP contribution < -0.4 is 4.74 Å². The molecule has 2 rings (SSSR count). The Hall–Kier alpha value is -2.05. The van der Waals surface area contributed by atoms with E-state index in [1.165, 1.54) is 6.92 Å². The van der Waals surface area contributed by atoms with Gasteiger partial charge in [0, 0.05) is 10.0 Å². The molecule has 0 saturated carbocycles. The Morgan fingerprint density at radius 3 is 2.65 bits per heavy atom. The van der Waals surface area contributed by atoms with E-state index in [-0.39, 0.29) is 12.4 Å². The molecule has 0 N–H and O–H groups in total. The molecule has 2 nitrogen and oxygen atoms in total. The summed E-state index contributed by atoms with van der Waals surface area (Å²) >= 11 is 3.36. The molecule has 0 aliphatic rings. The molecule has 0 radical (unpaired) electrons. The van der Waals surface area contributed by atoms with Crippen LogP contribution in [0, 0.1) is 11.8 Å². The SMILES string of the molecule is CC(=O)c1ccc(Br)cc1OCC#Cc1ccccc1. The second-order valence-electron chi connectivity index (χ2n) is 4.15. The summed E-state index contributed by atoms with van der Waals surface area (Å²) in [5, 5.41) is 0. The molecule has 100 valence electrons. The molecule has 0 spiro atoms. The molecule has 3 heteroatoms. The molecule has 0 fully saturated rings. The number of ketones is 1. The number of rotatable bonds is 3. The van der Waals surface area contributed by atoms with Crippen LogP contribution in [0.2, 0.25) is 0 Å². The number of benzene rings is 2. The first-order valence-electron chi connectivity index (χ1n) is 6.14. The fourth-order valence-electron chi connectivity index (χ4n) is 1.68. The predicted octanol–water partition coefficient (Wildman–Crippen LogP) is 4.08. The van der Waals surface area contributed by atoms with Crippen molar-refractivity contribution in [2.24, 2.45) is 0 Å². The van der Waals surface area contributed by atoms with E-state index in [0.717, 1.165) is 10.0 Å². The number of Topliss-reactive ketones (excluding diaryl/α,β-unsaturated/α-hetero) is 1. The molecule has 0 aliphatic carbocycles. The molecule has 0 bridgehead atoms. The van der Waals surface area contributed by atoms with Crippen LogP contribution in [0.25, 0.3) is 0 Å². The van der Waals surface area contributed by atoms with Crippen LogP contribution in [0.5, 0.6) is 5.75 Å². The highest BCUT2D eigenvalue weighted by atomic mass is 79.9. The van der Waals surface area contributed by atoms with Gasteiger partial charge in [-0.25, -0.2) is 0 Å². The van der Waals surface area contributed by atoms with E-state index in [9.17, 15) is 4.79 Å². The molecule has 2 aromatic rings. The smallest absolute Gasteiger partial charge is 0.163 e. The highest BCUT2D eigenvalue weighted by Gasteiger charge is 2.08. The summed E-state index contributed by atoms with van der Waals surface area (Å²) in [6.45, 7) is 1.76. The van der Waals surface area contributed by atoms with Gasteiger partial charge in [0.15, 0.2) is 5.78 Å². The summed E-state index contributed by atoms with van der Waals surface area (Å²) in [5.74, 6) is 6.47. The van der Waals surface area contributed by atoms with Gasteiger partial charge in [-0.3, -0.25) is 4.79 Å². The molecule has 0 aromatic heterocycles. The van der Waals surface area contributed by atoms with Crippen LogP contribution in [0.4, 0.5) is 0 Å². The third-order valence-electron chi connectivity index (χ3n) is 2.63. The van der Waals surface area contributed by atoms with Crippen molar-refractivity contribution in [2.45, 2.75) is 6.92 Å². The molecule has 2 aromatic carbocycles. The van der Waals surface area contributed by atoms with Crippen LogP contribution >= 0.6 is 15.9 Å². The predicted molar refractivity (Wildman–Crippen MR) is 83.0 cm³/mol. The van der Waals surface area contributed by atoms with Crippen molar-refractivity contribution in [3.8, 4) is 17.6 Å². The molecular formula is C17H13BrO2. The largest absolute Gasteiger partial charge is 0.480 e. The number of hydrogen-bond acceptors (Lipinski definition) is 2. The molecule has 0 heterocycles. The average Bonchev–Trinajstić information content (AvgIpc) is 2.44. The monoisotopic (exact) mass is 328 g/mol. The Balaban J connectivity index is 2.06. The number of carbonyl (C=O) groups excluding carboxylic acids is 1. The van der Waals surface area contributed by atoms with Crippen LogP contribution in [-0.2, 0) is 0 Å². The van der Waals surface area contributed by atoms with Crippen molar-refractivity contribution in [1.29, 1.82) is 0 Å². The Kier molecular flexibility index (Phi) is 4.97. The molecule has 0 amide bonds. The standard InChI is InChI=1S/C17H13BrO2/c1-13(19)16-10-9-15(18)12-17(16)20-11-5-8-14-6-3-2-4-7-14/h2-4,6-7,9-10,12H,11H2,1H3. The quantitative estimate of drug-likeness (QED) is 0.626. The Morgan fingerprint density at radius 1 is 1.20 bits per heavy atom. The summed E-state index contributed by atoms with van der Waals surface area (Å²) in [5.41, 5.74) is 1.51. The topological polar surface area (TPSA) is 26.3 Å². The van der Waals surface area contributed by atoms with Gasteiger partial charge in [0.1, 0.15) is 12.4 Å². The molecule has 0 aliphatic heterocycles. The van der Waals surface area contributed by atoms with Gasteiger partial charge in [-0.2, -0.15) is 0 Å². The van der Waals surface area contributed by atoms with E-state index >= 15 is 0 Å². The van der Waals surface area contributed by atoms with Gasteiger partial charge in [-0.05, 0) is 37.3 Å². The maximum absolute atomic E-state index is 11.5. The third-order valence-corrected chi connectivity index (χ3v) is 3.12. The minimum atomic E-state index is -0.0245. The van der Waals surface area contributed by atoms with Crippen LogP contribution in [0.3, 0.4) is 0 Å². The lowest BCUT2D eigenvalue weighted by atomic mass is 10.1. The first-order chi connectivity index (χ1) is 9.66. The second-order valence-corrected chi connectivity index (χ2v) is 5.07. The number of hydrogen-bond donors (Lipinski definition) is 0. The zero-order valence-corrected chi connectivity index (χ0v) is 12.6. The van der Waals surface area contributed by atoms with Gasteiger partial charge in [-0.15, -0.1) is 0 Å². The second kappa shape index (κ2) is 6.93. The Morgan fingerprint density at radius 2 is 1.95 bits per heavy atom. The third kappa shape index (κ3) is 3.97.